The van der Waals surface area contributed by atoms with E-state index in [2.05, 4.69) is 31.6 Å². The van der Waals surface area contributed by atoms with Crippen LogP contribution in [0.25, 0.3) is 0 Å². The lowest BCUT2D eigenvalue weighted by Gasteiger charge is -2.29. The monoisotopic (exact) mass is 504 g/mol. The molecule has 2 aromatic rings. The van der Waals surface area contributed by atoms with Crippen molar-refractivity contribution in [2.75, 3.05) is 33.9 Å². The van der Waals surface area contributed by atoms with Crippen molar-refractivity contribution in [1.82, 2.24) is 9.62 Å². The minimum Gasteiger partial charge on any atom is -0.493 e. The molecule has 0 saturated heterocycles. The molecule has 0 aliphatic carbocycles. The Labute approximate surface area is 187 Å². The molecule has 0 atom stereocenters. The van der Waals surface area contributed by atoms with Gasteiger partial charge in [0.2, 0.25) is 10.0 Å². The smallest absolute Gasteiger partial charge is 0.240 e. The Morgan fingerprint density at radius 1 is 1.10 bits per heavy atom. The lowest BCUT2D eigenvalue weighted by molar-refractivity contribution is 0.250. The zero-order valence-corrected chi connectivity index (χ0v) is 19.7. The third-order valence-electron chi connectivity index (χ3n) is 4.85. The molecule has 1 aliphatic heterocycles. The van der Waals surface area contributed by atoms with E-state index < -0.39 is 10.0 Å². The SMILES string of the molecule is COc1cc2c(cc1OC)CN(CCCNS(=O)(=O)c1cccc(Br)c1)CC2.Cl. The van der Waals surface area contributed by atoms with E-state index in [1.54, 1.807) is 38.5 Å². The maximum Gasteiger partial charge on any atom is 0.240 e. The lowest BCUT2D eigenvalue weighted by Crippen LogP contribution is -2.33. The number of benzene rings is 2. The standard InChI is InChI=1S/C20H25BrN2O4S.ClH/c1-26-19-11-15-7-10-23(14-16(15)12-20(19)27-2)9-4-8-22-28(24,25)18-6-3-5-17(21)13-18;/h3,5-6,11-13,22H,4,7-10,14H2,1-2H3;1H. The highest BCUT2D eigenvalue weighted by atomic mass is 79.9. The molecule has 1 heterocycles. The van der Waals surface area contributed by atoms with Gasteiger partial charge in [0.15, 0.2) is 11.5 Å². The second kappa shape index (κ2) is 10.6. The van der Waals surface area contributed by atoms with Crippen molar-refractivity contribution in [1.29, 1.82) is 0 Å². The van der Waals surface area contributed by atoms with E-state index in [1.807, 2.05) is 6.07 Å². The lowest BCUT2D eigenvalue weighted by atomic mass is 9.98. The highest BCUT2D eigenvalue weighted by molar-refractivity contribution is 9.10. The van der Waals surface area contributed by atoms with E-state index in [0.717, 1.165) is 48.4 Å². The van der Waals surface area contributed by atoms with E-state index in [1.165, 1.54) is 11.1 Å². The minimum absolute atomic E-state index is 0. The molecule has 0 amide bonds. The molecule has 0 saturated carbocycles. The van der Waals surface area contributed by atoms with E-state index in [-0.39, 0.29) is 17.3 Å². The highest BCUT2D eigenvalue weighted by Gasteiger charge is 2.19. The highest BCUT2D eigenvalue weighted by Crippen LogP contribution is 2.33. The first-order chi connectivity index (χ1) is 13.4. The van der Waals surface area contributed by atoms with Crippen LogP contribution < -0.4 is 14.2 Å². The first kappa shape index (κ1) is 24.0. The Morgan fingerprint density at radius 2 is 1.79 bits per heavy atom. The van der Waals surface area contributed by atoms with Crippen LogP contribution in [0.5, 0.6) is 11.5 Å². The van der Waals surface area contributed by atoms with E-state index in [9.17, 15) is 8.42 Å². The number of hydrogen-bond donors (Lipinski definition) is 1. The fourth-order valence-corrected chi connectivity index (χ4v) is 5.03. The van der Waals surface area contributed by atoms with Crippen LogP contribution in [-0.2, 0) is 23.0 Å². The number of rotatable bonds is 8. The summed E-state index contributed by atoms with van der Waals surface area (Å²) in [5.41, 5.74) is 2.52. The van der Waals surface area contributed by atoms with Crippen LogP contribution in [0.2, 0.25) is 0 Å². The van der Waals surface area contributed by atoms with Gasteiger partial charge >= 0.3 is 0 Å². The van der Waals surface area contributed by atoms with Crippen molar-refractivity contribution in [2.45, 2.75) is 24.3 Å². The minimum atomic E-state index is -3.48. The van der Waals surface area contributed by atoms with Gasteiger partial charge in [-0.2, -0.15) is 0 Å². The van der Waals surface area contributed by atoms with Crippen LogP contribution >= 0.6 is 28.3 Å². The molecule has 6 nitrogen and oxygen atoms in total. The van der Waals surface area contributed by atoms with Crippen molar-refractivity contribution in [2.24, 2.45) is 0 Å². The normalized spacial score (nSPS) is 14.0. The third kappa shape index (κ3) is 6.08. The number of fused-ring (bicyclic) bond motifs is 1. The van der Waals surface area contributed by atoms with Crippen molar-refractivity contribution in [3.05, 3.63) is 52.0 Å². The summed E-state index contributed by atoms with van der Waals surface area (Å²) in [7, 11) is -0.192. The predicted molar refractivity (Wildman–Crippen MR) is 120 cm³/mol. The number of hydrogen-bond acceptors (Lipinski definition) is 5. The van der Waals surface area contributed by atoms with Gasteiger partial charge in [-0.1, -0.05) is 22.0 Å². The van der Waals surface area contributed by atoms with Gasteiger partial charge < -0.3 is 9.47 Å². The molecule has 0 aromatic heterocycles. The largest absolute Gasteiger partial charge is 0.493 e. The van der Waals surface area contributed by atoms with E-state index >= 15 is 0 Å². The molecular formula is C20H26BrClN2O4S. The molecule has 3 rings (SSSR count). The molecule has 0 spiro atoms. The zero-order valence-electron chi connectivity index (χ0n) is 16.5. The summed E-state index contributed by atoms with van der Waals surface area (Å²) in [6.45, 7) is 3.01. The van der Waals surface area contributed by atoms with Crippen molar-refractivity contribution < 1.29 is 17.9 Å². The van der Waals surface area contributed by atoms with Gasteiger partial charge in [0.1, 0.15) is 0 Å². The summed E-state index contributed by atoms with van der Waals surface area (Å²) in [6.07, 6.45) is 1.69. The quantitative estimate of drug-likeness (QED) is 0.555. The van der Waals surface area contributed by atoms with Crippen LogP contribution in [0.3, 0.4) is 0 Å². The summed E-state index contributed by atoms with van der Waals surface area (Å²) in [4.78, 5) is 2.61. The molecule has 29 heavy (non-hydrogen) atoms. The van der Waals surface area contributed by atoms with Crippen molar-refractivity contribution in [3.63, 3.8) is 0 Å². The maximum absolute atomic E-state index is 12.4. The Kier molecular flexibility index (Phi) is 8.78. The number of sulfonamides is 1. The van der Waals surface area contributed by atoms with Gasteiger partial charge in [0, 0.05) is 24.1 Å². The van der Waals surface area contributed by atoms with Gasteiger partial charge in [-0.25, -0.2) is 13.1 Å². The number of ether oxygens (including phenoxy) is 2. The second-order valence-corrected chi connectivity index (χ2v) is 9.39. The van der Waals surface area contributed by atoms with Gasteiger partial charge in [0.25, 0.3) is 0 Å². The van der Waals surface area contributed by atoms with Gasteiger partial charge in [0.05, 0.1) is 19.1 Å². The average Bonchev–Trinajstić information content (AvgIpc) is 2.70. The average molecular weight is 506 g/mol. The summed E-state index contributed by atoms with van der Waals surface area (Å²) in [6, 6.07) is 10.8. The number of nitrogens with one attached hydrogen (secondary N) is 1. The molecule has 0 fully saturated rings. The van der Waals surface area contributed by atoms with Gasteiger partial charge in [-0.05, 0) is 60.8 Å². The van der Waals surface area contributed by atoms with Crippen molar-refractivity contribution in [3.8, 4) is 11.5 Å². The molecule has 1 aliphatic rings. The van der Waals surface area contributed by atoms with Crippen molar-refractivity contribution >= 4 is 38.4 Å². The Bertz CT molecular complexity index is 940. The van der Waals surface area contributed by atoms with Crippen LogP contribution in [0, 0.1) is 0 Å². The fourth-order valence-electron chi connectivity index (χ4n) is 3.36. The predicted octanol–water partition coefficient (Wildman–Crippen LogP) is 3.61. The Balaban J connectivity index is 0.00000300. The van der Waals surface area contributed by atoms with Crippen LogP contribution in [-0.4, -0.2) is 47.2 Å². The number of methoxy groups -OCH3 is 2. The number of halogens is 2. The molecule has 0 radical (unpaired) electrons. The summed E-state index contributed by atoms with van der Waals surface area (Å²) in [5.74, 6) is 1.50. The third-order valence-corrected chi connectivity index (χ3v) is 6.80. The van der Waals surface area contributed by atoms with Crippen LogP contribution in [0.4, 0.5) is 0 Å². The van der Waals surface area contributed by atoms with Crippen LogP contribution in [0.15, 0.2) is 45.8 Å². The number of nitrogens with zero attached hydrogens (tertiary/aromatic N) is 1. The first-order valence-corrected chi connectivity index (χ1v) is 11.4. The van der Waals surface area contributed by atoms with E-state index in [0.29, 0.717) is 6.54 Å². The van der Waals surface area contributed by atoms with Gasteiger partial charge in [-0.15, -0.1) is 12.4 Å². The molecule has 0 unspecified atom stereocenters. The maximum atomic E-state index is 12.4. The molecule has 160 valence electrons. The first-order valence-electron chi connectivity index (χ1n) is 9.14. The molecule has 0 bridgehead atoms. The Hall–Kier alpha value is -1.32. The topological polar surface area (TPSA) is 67.9 Å². The second-order valence-electron chi connectivity index (χ2n) is 6.71. The van der Waals surface area contributed by atoms with Gasteiger partial charge in [-0.3, -0.25) is 4.90 Å². The summed E-state index contributed by atoms with van der Waals surface area (Å²) < 4.78 is 38.9. The summed E-state index contributed by atoms with van der Waals surface area (Å²) >= 11 is 3.31. The van der Waals surface area contributed by atoms with Crippen LogP contribution in [0.1, 0.15) is 17.5 Å². The molecular weight excluding hydrogens is 480 g/mol. The zero-order chi connectivity index (χ0) is 20.1. The fraction of sp³-hybridized carbons (Fsp3) is 0.400. The molecule has 9 heteroatoms. The summed E-state index contributed by atoms with van der Waals surface area (Å²) in [5, 5.41) is 0. The molecule has 1 N–H and O–H groups in total. The van der Waals surface area contributed by atoms with E-state index in [4.69, 9.17) is 9.47 Å². The Morgan fingerprint density at radius 3 is 2.45 bits per heavy atom. The molecule has 2 aromatic carbocycles.